The summed E-state index contributed by atoms with van der Waals surface area (Å²) in [5, 5.41) is 0.767. The van der Waals surface area contributed by atoms with Gasteiger partial charge in [0.2, 0.25) is 0 Å². The van der Waals surface area contributed by atoms with E-state index in [0.717, 1.165) is 21.9 Å². The van der Waals surface area contributed by atoms with Gasteiger partial charge in [-0.25, -0.2) is 0 Å². The Balaban J connectivity index is 1.93. The van der Waals surface area contributed by atoms with Crippen LogP contribution in [0.2, 0.25) is 0 Å². The van der Waals surface area contributed by atoms with Crippen LogP contribution in [-0.2, 0) is 13.9 Å². The summed E-state index contributed by atoms with van der Waals surface area (Å²) in [6, 6.07) is 15.8. The smallest absolute Gasteiger partial charge is 0.399 e. The van der Waals surface area contributed by atoms with Crippen molar-refractivity contribution in [3.05, 3.63) is 48.5 Å². The van der Waals surface area contributed by atoms with Crippen molar-refractivity contribution in [2.45, 2.75) is 38.9 Å². The molecule has 118 valence electrons. The standard InChI is InChI=1S/C18H20BO3P/c1-17(2)18(3,4)22-19(21-17)15-9-5-7-13(11-15)14-8-6-10-16(12-14)23-20/h5-12H,1-4H3. The number of benzene rings is 2. The van der Waals surface area contributed by atoms with Crippen molar-refractivity contribution in [3.8, 4) is 11.1 Å². The molecule has 0 atom stereocenters. The van der Waals surface area contributed by atoms with Crippen molar-refractivity contribution >= 4 is 26.3 Å². The molecular formula is C18H20BO3P. The summed E-state index contributed by atoms with van der Waals surface area (Å²) >= 11 is 0. The molecule has 2 aromatic rings. The molecule has 0 radical (unpaired) electrons. The molecule has 0 amide bonds. The SMILES string of the molecule is CC1(C)OB(c2cccc(-c3cccc(P=O)c3)c2)OC1(C)C. The summed E-state index contributed by atoms with van der Waals surface area (Å²) in [7, 11) is -0.341. The van der Waals surface area contributed by atoms with E-state index < -0.39 is 0 Å². The fourth-order valence-electron chi connectivity index (χ4n) is 2.59. The Labute approximate surface area is 139 Å². The van der Waals surface area contributed by atoms with Crippen LogP contribution in [-0.4, -0.2) is 18.3 Å². The van der Waals surface area contributed by atoms with Crippen LogP contribution < -0.4 is 10.8 Å². The van der Waals surface area contributed by atoms with Gasteiger partial charge in [-0.15, -0.1) is 0 Å². The van der Waals surface area contributed by atoms with Crippen LogP contribution in [0.5, 0.6) is 0 Å². The van der Waals surface area contributed by atoms with E-state index in [-0.39, 0.29) is 26.8 Å². The van der Waals surface area contributed by atoms with Crippen LogP contribution in [0.15, 0.2) is 48.5 Å². The van der Waals surface area contributed by atoms with Crippen LogP contribution >= 0.6 is 8.46 Å². The average Bonchev–Trinajstić information content (AvgIpc) is 2.76. The van der Waals surface area contributed by atoms with Gasteiger partial charge in [0.25, 0.3) is 0 Å². The predicted molar refractivity (Wildman–Crippen MR) is 94.8 cm³/mol. The van der Waals surface area contributed by atoms with E-state index in [1.54, 1.807) is 0 Å². The Kier molecular flexibility index (Phi) is 4.18. The summed E-state index contributed by atoms with van der Waals surface area (Å²) in [4.78, 5) is 0. The lowest BCUT2D eigenvalue weighted by molar-refractivity contribution is 0.00578. The molecule has 23 heavy (non-hydrogen) atoms. The highest BCUT2D eigenvalue weighted by Gasteiger charge is 2.51. The van der Waals surface area contributed by atoms with Crippen molar-refractivity contribution < 1.29 is 13.9 Å². The average molecular weight is 326 g/mol. The van der Waals surface area contributed by atoms with Gasteiger partial charge in [-0.05, 0) is 56.4 Å². The van der Waals surface area contributed by atoms with Crippen LogP contribution in [0.25, 0.3) is 11.1 Å². The monoisotopic (exact) mass is 326 g/mol. The maximum atomic E-state index is 11.1. The minimum absolute atomic E-state index is 0.0333. The molecule has 2 aromatic carbocycles. The number of hydrogen-bond donors (Lipinski definition) is 0. The molecule has 1 aliphatic heterocycles. The first-order valence-corrected chi connectivity index (χ1v) is 8.53. The summed E-state index contributed by atoms with van der Waals surface area (Å²) in [5.41, 5.74) is 2.38. The molecule has 5 heteroatoms. The fourth-order valence-corrected chi connectivity index (χ4v) is 2.92. The Morgan fingerprint density at radius 1 is 0.870 bits per heavy atom. The van der Waals surface area contributed by atoms with E-state index in [0.29, 0.717) is 0 Å². The predicted octanol–water partition coefficient (Wildman–Crippen LogP) is 3.57. The van der Waals surface area contributed by atoms with E-state index in [9.17, 15) is 4.57 Å². The number of hydrogen-bond acceptors (Lipinski definition) is 3. The lowest BCUT2D eigenvalue weighted by atomic mass is 9.78. The van der Waals surface area contributed by atoms with Crippen molar-refractivity contribution in [1.29, 1.82) is 0 Å². The van der Waals surface area contributed by atoms with E-state index in [1.165, 1.54) is 0 Å². The molecule has 0 bridgehead atoms. The quantitative estimate of drug-likeness (QED) is 0.639. The molecule has 0 aliphatic carbocycles. The third-order valence-corrected chi connectivity index (χ3v) is 5.19. The Morgan fingerprint density at radius 3 is 2.04 bits per heavy atom. The normalized spacial score (nSPS) is 19.2. The zero-order valence-corrected chi connectivity index (χ0v) is 14.8. The van der Waals surface area contributed by atoms with Crippen LogP contribution in [0, 0.1) is 0 Å². The largest absolute Gasteiger partial charge is 0.494 e. The fraction of sp³-hybridized carbons (Fsp3) is 0.333. The lowest BCUT2D eigenvalue weighted by Crippen LogP contribution is -2.41. The summed E-state index contributed by atoms with van der Waals surface area (Å²) in [6.45, 7) is 8.20. The molecule has 0 saturated carbocycles. The lowest BCUT2D eigenvalue weighted by Gasteiger charge is -2.32. The van der Waals surface area contributed by atoms with E-state index in [1.807, 2.05) is 70.2 Å². The third kappa shape index (κ3) is 3.12. The van der Waals surface area contributed by atoms with Crippen molar-refractivity contribution in [2.75, 3.05) is 0 Å². The third-order valence-electron chi connectivity index (χ3n) is 4.70. The maximum absolute atomic E-state index is 11.1. The van der Waals surface area contributed by atoms with Gasteiger partial charge in [-0.1, -0.05) is 36.4 Å². The van der Waals surface area contributed by atoms with Crippen LogP contribution in [0.4, 0.5) is 0 Å². The minimum Gasteiger partial charge on any atom is -0.399 e. The molecular weight excluding hydrogens is 306 g/mol. The van der Waals surface area contributed by atoms with Gasteiger partial charge in [-0.3, -0.25) is 4.57 Å². The molecule has 0 unspecified atom stereocenters. The van der Waals surface area contributed by atoms with E-state index >= 15 is 0 Å². The molecule has 3 rings (SSSR count). The van der Waals surface area contributed by atoms with Gasteiger partial charge in [0.05, 0.1) is 11.2 Å². The summed E-state index contributed by atoms with van der Waals surface area (Å²) in [5.74, 6) is 0. The maximum Gasteiger partial charge on any atom is 0.494 e. The van der Waals surface area contributed by atoms with E-state index in [2.05, 4.69) is 6.07 Å². The van der Waals surface area contributed by atoms with Crippen molar-refractivity contribution in [3.63, 3.8) is 0 Å². The molecule has 3 nitrogen and oxygen atoms in total. The number of rotatable bonds is 3. The van der Waals surface area contributed by atoms with Crippen molar-refractivity contribution in [1.82, 2.24) is 0 Å². The highest BCUT2D eigenvalue weighted by Crippen LogP contribution is 2.36. The second-order valence-corrected chi connectivity index (χ2v) is 7.55. The summed E-state index contributed by atoms with van der Waals surface area (Å²) < 4.78 is 23.3. The second kappa shape index (κ2) is 5.87. The molecule has 1 aliphatic rings. The molecule has 0 N–H and O–H groups in total. The highest BCUT2D eigenvalue weighted by molar-refractivity contribution is 7.34. The van der Waals surface area contributed by atoms with Crippen molar-refractivity contribution in [2.24, 2.45) is 0 Å². The van der Waals surface area contributed by atoms with E-state index in [4.69, 9.17) is 9.31 Å². The van der Waals surface area contributed by atoms with Crippen LogP contribution in [0.3, 0.4) is 0 Å². The first-order chi connectivity index (χ1) is 10.8. The van der Waals surface area contributed by atoms with Gasteiger partial charge in [0.15, 0.2) is 8.46 Å². The Hall–Kier alpha value is -1.48. The summed E-state index contributed by atoms with van der Waals surface area (Å²) in [6.07, 6.45) is 0. The highest BCUT2D eigenvalue weighted by atomic mass is 31.1. The molecule has 0 aromatic heterocycles. The zero-order valence-electron chi connectivity index (χ0n) is 13.9. The second-order valence-electron chi connectivity index (χ2n) is 6.86. The van der Waals surface area contributed by atoms with Crippen LogP contribution in [0.1, 0.15) is 27.7 Å². The first kappa shape index (κ1) is 16.4. The van der Waals surface area contributed by atoms with Gasteiger partial charge in [0, 0.05) is 5.30 Å². The Morgan fingerprint density at radius 2 is 1.43 bits per heavy atom. The molecule has 1 heterocycles. The minimum atomic E-state index is -0.374. The topological polar surface area (TPSA) is 35.5 Å². The Bertz CT molecular complexity index is 727. The van der Waals surface area contributed by atoms with Gasteiger partial charge in [0.1, 0.15) is 0 Å². The van der Waals surface area contributed by atoms with Gasteiger partial charge < -0.3 is 9.31 Å². The van der Waals surface area contributed by atoms with Gasteiger partial charge in [-0.2, -0.15) is 0 Å². The molecule has 1 saturated heterocycles. The molecule has 0 spiro atoms. The zero-order chi connectivity index (χ0) is 16.7. The molecule has 1 fully saturated rings. The van der Waals surface area contributed by atoms with Gasteiger partial charge >= 0.3 is 7.12 Å². The first-order valence-electron chi connectivity index (χ1n) is 7.72.